The van der Waals surface area contributed by atoms with Crippen molar-refractivity contribution >= 4 is 22.7 Å². The quantitative estimate of drug-likeness (QED) is 0.663. The number of aromatic nitrogens is 1. The highest BCUT2D eigenvalue weighted by Crippen LogP contribution is 2.18. The van der Waals surface area contributed by atoms with E-state index < -0.39 is 0 Å². The maximum absolute atomic E-state index is 4.33. The molecule has 5 heteroatoms. The van der Waals surface area contributed by atoms with E-state index >= 15 is 0 Å². The molecule has 1 saturated heterocycles. The van der Waals surface area contributed by atoms with Gasteiger partial charge in [-0.25, -0.2) is 4.98 Å². The van der Waals surface area contributed by atoms with Crippen molar-refractivity contribution in [2.45, 2.75) is 33.2 Å². The van der Waals surface area contributed by atoms with E-state index in [4.69, 9.17) is 0 Å². The Balaban J connectivity index is 1.56. The van der Waals surface area contributed by atoms with E-state index in [0.717, 1.165) is 28.9 Å². The summed E-state index contributed by atoms with van der Waals surface area (Å²) < 4.78 is 0. The first-order valence-electron chi connectivity index (χ1n) is 8.21. The Bertz CT molecular complexity index is 657. The van der Waals surface area contributed by atoms with Crippen LogP contribution in [0.1, 0.15) is 36.6 Å². The molecule has 2 aromatic rings. The normalized spacial score (nSPS) is 17.0. The standard InChI is InChI=1S/C18H24N4S/c1-14-6-8-22(9-7-14)12-17-5-3-4-16(10-17)11-19-21-18-20-15(2)13-23-18/h3-5,10-11,13-14H,6-9,12H2,1-2H3,(H,20,21). The van der Waals surface area contributed by atoms with Gasteiger partial charge in [-0.2, -0.15) is 5.10 Å². The fourth-order valence-electron chi connectivity index (χ4n) is 2.82. The van der Waals surface area contributed by atoms with Gasteiger partial charge in [0.25, 0.3) is 0 Å². The summed E-state index contributed by atoms with van der Waals surface area (Å²) in [4.78, 5) is 6.88. The van der Waals surface area contributed by atoms with Crippen LogP contribution >= 0.6 is 11.3 Å². The number of benzene rings is 1. The predicted octanol–water partition coefficient (Wildman–Crippen LogP) is 4.13. The van der Waals surface area contributed by atoms with Gasteiger partial charge >= 0.3 is 0 Å². The van der Waals surface area contributed by atoms with Gasteiger partial charge < -0.3 is 0 Å². The van der Waals surface area contributed by atoms with Crippen LogP contribution in [0.15, 0.2) is 34.7 Å². The first-order chi connectivity index (χ1) is 11.2. The van der Waals surface area contributed by atoms with E-state index in [9.17, 15) is 0 Å². The molecule has 0 spiro atoms. The van der Waals surface area contributed by atoms with Gasteiger partial charge in [0, 0.05) is 11.9 Å². The fourth-order valence-corrected chi connectivity index (χ4v) is 3.45. The fraction of sp³-hybridized carbons (Fsp3) is 0.444. The van der Waals surface area contributed by atoms with Crippen LogP contribution in [0.25, 0.3) is 0 Å². The summed E-state index contributed by atoms with van der Waals surface area (Å²) in [6.45, 7) is 7.80. The van der Waals surface area contributed by atoms with Gasteiger partial charge in [0.15, 0.2) is 0 Å². The Morgan fingerprint density at radius 1 is 1.39 bits per heavy atom. The van der Waals surface area contributed by atoms with E-state index in [2.05, 4.69) is 51.6 Å². The summed E-state index contributed by atoms with van der Waals surface area (Å²) in [5.74, 6) is 0.880. The average molecular weight is 328 g/mol. The van der Waals surface area contributed by atoms with Crippen molar-refractivity contribution in [3.8, 4) is 0 Å². The molecule has 0 atom stereocenters. The van der Waals surface area contributed by atoms with Crippen LogP contribution in [0.5, 0.6) is 0 Å². The van der Waals surface area contributed by atoms with Crippen LogP contribution in [0.3, 0.4) is 0 Å². The van der Waals surface area contributed by atoms with Crippen molar-refractivity contribution in [2.75, 3.05) is 18.5 Å². The van der Waals surface area contributed by atoms with Gasteiger partial charge in [0.05, 0.1) is 11.9 Å². The number of thiazole rings is 1. The molecule has 122 valence electrons. The molecule has 1 N–H and O–H groups in total. The lowest BCUT2D eigenvalue weighted by molar-refractivity contribution is 0.185. The van der Waals surface area contributed by atoms with E-state index in [0.29, 0.717) is 0 Å². The predicted molar refractivity (Wildman–Crippen MR) is 98.2 cm³/mol. The molecule has 0 saturated carbocycles. The van der Waals surface area contributed by atoms with Gasteiger partial charge in [-0.1, -0.05) is 25.1 Å². The Morgan fingerprint density at radius 3 is 2.96 bits per heavy atom. The minimum absolute atomic E-state index is 0.831. The number of hydrogen-bond donors (Lipinski definition) is 1. The number of anilines is 1. The van der Waals surface area contributed by atoms with Crippen molar-refractivity contribution in [1.29, 1.82) is 0 Å². The average Bonchev–Trinajstić information content (AvgIpc) is 2.96. The maximum atomic E-state index is 4.33. The minimum atomic E-state index is 0.831. The van der Waals surface area contributed by atoms with Gasteiger partial charge in [-0.05, 0) is 56.0 Å². The summed E-state index contributed by atoms with van der Waals surface area (Å²) >= 11 is 1.57. The van der Waals surface area contributed by atoms with Crippen molar-refractivity contribution in [1.82, 2.24) is 9.88 Å². The number of nitrogens with one attached hydrogen (secondary N) is 1. The lowest BCUT2D eigenvalue weighted by Crippen LogP contribution is -2.32. The van der Waals surface area contributed by atoms with Crippen LogP contribution < -0.4 is 5.43 Å². The number of nitrogens with zero attached hydrogens (tertiary/aromatic N) is 3. The Kier molecular flexibility index (Phi) is 5.41. The molecular weight excluding hydrogens is 304 g/mol. The first kappa shape index (κ1) is 16.1. The number of likely N-dealkylation sites (tertiary alicyclic amines) is 1. The van der Waals surface area contributed by atoms with Gasteiger partial charge in [-0.3, -0.25) is 10.3 Å². The molecule has 2 heterocycles. The molecule has 1 fully saturated rings. The largest absolute Gasteiger partial charge is 0.299 e. The Labute approximate surface area is 142 Å². The van der Waals surface area contributed by atoms with Crippen LogP contribution in [0.4, 0.5) is 5.13 Å². The maximum Gasteiger partial charge on any atom is 0.203 e. The molecule has 3 rings (SSSR count). The summed E-state index contributed by atoms with van der Waals surface area (Å²) in [5, 5.41) is 7.13. The first-order valence-corrected chi connectivity index (χ1v) is 9.09. The molecule has 23 heavy (non-hydrogen) atoms. The molecule has 0 bridgehead atoms. The van der Waals surface area contributed by atoms with E-state index in [-0.39, 0.29) is 0 Å². The zero-order chi connectivity index (χ0) is 16.1. The third-order valence-corrected chi connectivity index (χ3v) is 5.09. The van der Waals surface area contributed by atoms with Crippen LogP contribution in [0, 0.1) is 12.8 Å². The molecular formula is C18H24N4S. The molecule has 0 radical (unpaired) electrons. The molecule has 0 unspecified atom stereocenters. The molecule has 1 aliphatic heterocycles. The zero-order valence-corrected chi connectivity index (χ0v) is 14.6. The molecule has 1 aromatic carbocycles. The minimum Gasteiger partial charge on any atom is -0.299 e. The van der Waals surface area contributed by atoms with Gasteiger partial charge in [0.2, 0.25) is 5.13 Å². The molecule has 0 aliphatic carbocycles. The lowest BCUT2D eigenvalue weighted by atomic mass is 9.99. The number of piperidine rings is 1. The van der Waals surface area contributed by atoms with E-state index in [1.165, 1.54) is 31.5 Å². The highest BCUT2D eigenvalue weighted by atomic mass is 32.1. The SMILES string of the molecule is Cc1csc(NN=Cc2cccc(CN3CCC(C)CC3)c2)n1. The topological polar surface area (TPSA) is 40.5 Å². The lowest BCUT2D eigenvalue weighted by Gasteiger charge is -2.30. The van der Waals surface area contributed by atoms with Crippen molar-refractivity contribution in [2.24, 2.45) is 11.0 Å². The molecule has 1 aromatic heterocycles. The van der Waals surface area contributed by atoms with Crippen LogP contribution in [-0.4, -0.2) is 29.2 Å². The number of hydrazone groups is 1. The number of rotatable bonds is 5. The van der Waals surface area contributed by atoms with Crippen molar-refractivity contribution in [3.63, 3.8) is 0 Å². The molecule has 1 aliphatic rings. The summed E-state index contributed by atoms with van der Waals surface area (Å²) in [6, 6.07) is 8.61. The van der Waals surface area contributed by atoms with Crippen molar-refractivity contribution in [3.05, 3.63) is 46.5 Å². The van der Waals surface area contributed by atoms with Crippen LogP contribution in [-0.2, 0) is 6.54 Å². The van der Waals surface area contributed by atoms with Gasteiger partial charge in [-0.15, -0.1) is 11.3 Å². The third-order valence-electron chi connectivity index (χ3n) is 4.23. The summed E-state index contributed by atoms with van der Waals surface area (Å²) in [7, 11) is 0. The molecule has 0 amide bonds. The highest BCUT2D eigenvalue weighted by molar-refractivity contribution is 7.13. The Hall–Kier alpha value is -1.72. The van der Waals surface area contributed by atoms with Gasteiger partial charge in [0.1, 0.15) is 0 Å². The molecule has 4 nitrogen and oxygen atoms in total. The zero-order valence-electron chi connectivity index (χ0n) is 13.8. The van der Waals surface area contributed by atoms with Crippen LogP contribution in [0.2, 0.25) is 0 Å². The second-order valence-corrected chi connectivity index (χ2v) is 7.23. The second-order valence-electron chi connectivity index (χ2n) is 6.37. The number of hydrogen-bond acceptors (Lipinski definition) is 5. The third kappa shape index (κ3) is 4.88. The number of aryl methyl sites for hydroxylation is 1. The monoisotopic (exact) mass is 328 g/mol. The summed E-state index contributed by atoms with van der Waals surface area (Å²) in [5.41, 5.74) is 6.48. The van der Waals surface area contributed by atoms with E-state index in [1.54, 1.807) is 11.3 Å². The van der Waals surface area contributed by atoms with E-state index in [1.807, 2.05) is 18.5 Å². The highest BCUT2D eigenvalue weighted by Gasteiger charge is 2.15. The van der Waals surface area contributed by atoms with Crippen molar-refractivity contribution < 1.29 is 0 Å². The Morgan fingerprint density at radius 2 is 2.22 bits per heavy atom. The summed E-state index contributed by atoms with van der Waals surface area (Å²) in [6.07, 6.45) is 4.50. The second kappa shape index (κ2) is 7.70. The smallest absolute Gasteiger partial charge is 0.203 e.